The van der Waals surface area contributed by atoms with Crippen LogP contribution in [0.25, 0.3) is 0 Å². The van der Waals surface area contributed by atoms with E-state index in [9.17, 15) is 15.3 Å². The molecule has 0 N–H and O–H groups in total. The summed E-state index contributed by atoms with van der Waals surface area (Å²) in [5.41, 5.74) is 2.03. The quantitative estimate of drug-likeness (QED) is 0.476. The van der Waals surface area contributed by atoms with Gasteiger partial charge >= 0.3 is 0 Å². The number of carbonyl (C=O) groups excluding carboxylic acids is 1. The summed E-state index contributed by atoms with van der Waals surface area (Å²) in [5.74, 6) is 1.75. The van der Waals surface area contributed by atoms with Gasteiger partial charge in [-0.1, -0.05) is 32.4 Å². The van der Waals surface area contributed by atoms with Crippen LogP contribution in [0, 0.1) is 52.3 Å². The van der Waals surface area contributed by atoms with E-state index in [4.69, 9.17) is 0 Å². The molecular formula is C25H28N2OS. The van der Waals surface area contributed by atoms with Gasteiger partial charge in [0.25, 0.3) is 0 Å². The number of Topliss-reactive ketones (excluding diaryl/α,β-unsaturated/α-hetero) is 1. The van der Waals surface area contributed by atoms with Gasteiger partial charge in [0.15, 0.2) is 5.78 Å². The molecule has 0 aliphatic heterocycles. The Labute approximate surface area is 178 Å². The van der Waals surface area contributed by atoms with E-state index < -0.39 is 0 Å². The lowest BCUT2D eigenvalue weighted by atomic mass is 9.64. The van der Waals surface area contributed by atoms with Crippen molar-refractivity contribution in [3.05, 3.63) is 41.0 Å². The SMILES string of the molecule is CC(C)Cc1ccc(SC2CCC3C(=C(C#N)C#N)C(=O)C4CCCC2C43)cc1. The van der Waals surface area contributed by atoms with Crippen LogP contribution in [0.15, 0.2) is 40.3 Å². The molecule has 4 heteroatoms. The molecule has 3 saturated carbocycles. The van der Waals surface area contributed by atoms with Gasteiger partial charge in [0.05, 0.1) is 0 Å². The molecule has 3 nitrogen and oxygen atoms in total. The van der Waals surface area contributed by atoms with Gasteiger partial charge in [-0.15, -0.1) is 11.8 Å². The summed E-state index contributed by atoms with van der Waals surface area (Å²) in [6.45, 7) is 4.49. The van der Waals surface area contributed by atoms with E-state index in [1.165, 1.54) is 10.5 Å². The molecule has 5 unspecified atom stereocenters. The van der Waals surface area contributed by atoms with Gasteiger partial charge in [-0.25, -0.2) is 0 Å². The minimum atomic E-state index is 0.0299. The highest BCUT2D eigenvalue weighted by Crippen LogP contribution is 2.58. The second-order valence-electron chi connectivity index (χ2n) is 9.24. The van der Waals surface area contributed by atoms with E-state index in [1.807, 2.05) is 23.9 Å². The Balaban J connectivity index is 1.55. The third kappa shape index (κ3) is 3.76. The minimum Gasteiger partial charge on any atom is -0.294 e. The molecule has 5 atom stereocenters. The summed E-state index contributed by atoms with van der Waals surface area (Å²) in [7, 11) is 0. The van der Waals surface area contributed by atoms with Gasteiger partial charge in [0, 0.05) is 21.6 Å². The number of nitrogens with zero attached hydrogens (tertiary/aromatic N) is 2. The Morgan fingerprint density at radius 2 is 1.79 bits per heavy atom. The van der Waals surface area contributed by atoms with Crippen LogP contribution in [0.4, 0.5) is 0 Å². The molecule has 0 spiro atoms. The zero-order valence-electron chi connectivity index (χ0n) is 17.2. The van der Waals surface area contributed by atoms with Gasteiger partial charge in [0.1, 0.15) is 17.7 Å². The van der Waals surface area contributed by atoms with Gasteiger partial charge < -0.3 is 0 Å². The maximum absolute atomic E-state index is 13.1. The molecule has 0 heterocycles. The zero-order valence-corrected chi connectivity index (χ0v) is 18.0. The molecule has 1 aromatic rings. The third-order valence-electron chi connectivity index (χ3n) is 7.04. The van der Waals surface area contributed by atoms with Gasteiger partial charge in [0.2, 0.25) is 0 Å². The van der Waals surface area contributed by atoms with Gasteiger partial charge in [-0.2, -0.15) is 10.5 Å². The number of nitriles is 2. The number of ketones is 1. The van der Waals surface area contributed by atoms with Gasteiger partial charge in [-0.05, 0) is 73.5 Å². The highest BCUT2D eigenvalue weighted by Gasteiger charge is 2.55. The van der Waals surface area contributed by atoms with Crippen LogP contribution in [0.5, 0.6) is 0 Å². The second-order valence-corrected chi connectivity index (χ2v) is 10.5. The van der Waals surface area contributed by atoms with E-state index >= 15 is 0 Å². The summed E-state index contributed by atoms with van der Waals surface area (Å²) in [5, 5.41) is 19.3. The second kappa shape index (κ2) is 8.37. The van der Waals surface area contributed by atoms with Crippen molar-refractivity contribution in [2.45, 2.75) is 62.5 Å². The van der Waals surface area contributed by atoms with Crippen molar-refractivity contribution in [2.75, 3.05) is 0 Å². The van der Waals surface area contributed by atoms with Crippen molar-refractivity contribution >= 4 is 17.5 Å². The summed E-state index contributed by atoms with van der Waals surface area (Å²) in [4.78, 5) is 14.4. The van der Waals surface area contributed by atoms with Crippen molar-refractivity contribution in [2.24, 2.45) is 29.6 Å². The smallest absolute Gasteiger partial charge is 0.164 e. The molecule has 3 fully saturated rings. The summed E-state index contributed by atoms with van der Waals surface area (Å²) < 4.78 is 0. The number of benzene rings is 1. The average Bonchev–Trinajstić information content (AvgIpc) is 3.00. The van der Waals surface area contributed by atoms with Crippen LogP contribution in [-0.4, -0.2) is 11.0 Å². The first-order chi connectivity index (χ1) is 14.0. The van der Waals surface area contributed by atoms with Crippen LogP contribution < -0.4 is 0 Å². The molecule has 0 aromatic heterocycles. The fraction of sp³-hybridized carbons (Fsp3) is 0.560. The Hall–Kier alpha value is -2.04. The van der Waals surface area contributed by atoms with Crippen molar-refractivity contribution in [1.82, 2.24) is 0 Å². The molecular weight excluding hydrogens is 376 g/mol. The first-order valence-electron chi connectivity index (χ1n) is 10.9. The Bertz CT molecular complexity index is 886. The number of carbonyl (C=O) groups is 1. The lowest BCUT2D eigenvalue weighted by molar-refractivity contribution is -0.120. The molecule has 0 amide bonds. The predicted octanol–water partition coefficient (Wildman–Crippen LogP) is 5.71. The summed E-state index contributed by atoms with van der Waals surface area (Å²) in [6.07, 6.45) is 6.25. The molecule has 3 aliphatic carbocycles. The van der Waals surface area contributed by atoms with Crippen molar-refractivity contribution in [1.29, 1.82) is 10.5 Å². The number of thioether (sulfide) groups is 1. The first-order valence-corrected chi connectivity index (χ1v) is 11.8. The maximum Gasteiger partial charge on any atom is 0.164 e. The van der Waals surface area contributed by atoms with E-state index in [0.717, 1.165) is 38.5 Å². The fourth-order valence-electron chi connectivity index (χ4n) is 6.00. The molecule has 0 saturated heterocycles. The molecule has 4 rings (SSSR count). The lowest BCUT2D eigenvalue weighted by Gasteiger charge is -2.44. The Kier molecular flexibility index (Phi) is 5.84. The topological polar surface area (TPSA) is 64.7 Å². The van der Waals surface area contributed by atoms with Crippen LogP contribution in [0.2, 0.25) is 0 Å². The summed E-state index contributed by atoms with van der Waals surface area (Å²) in [6, 6.07) is 13.0. The summed E-state index contributed by atoms with van der Waals surface area (Å²) >= 11 is 1.97. The monoisotopic (exact) mass is 404 g/mol. The highest BCUT2D eigenvalue weighted by molar-refractivity contribution is 8.00. The van der Waals surface area contributed by atoms with Crippen LogP contribution in [-0.2, 0) is 11.2 Å². The van der Waals surface area contributed by atoms with Crippen molar-refractivity contribution < 1.29 is 4.79 Å². The minimum absolute atomic E-state index is 0.0299. The van der Waals surface area contributed by atoms with E-state index in [0.29, 0.717) is 28.6 Å². The van der Waals surface area contributed by atoms with E-state index in [1.54, 1.807) is 0 Å². The van der Waals surface area contributed by atoms with E-state index in [2.05, 4.69) is 38.1 Å². The first kappa shape index (κ1) is 20.2. The molecule has 0 bridgehead atoms. The predicted molar refractivity (Wildman–Crippen MR) is 115 cm³/mol. The standard InChI is InChI=1S/C25H28N2OS/c1-15(2)12-16-6-8-18(9-7-16)29-22-11-10-20-23(17(13-26)14-27)25(28)21-5-3-4-19(22)24(20)21/h6-9,15,19-22,24H,3-5,10-12H2,1-2H3. The van der Waals surface area contributed by atoms with Crippen molar-refractivity contribution in [3.63, 3.8) is 0 Å². The number of hydrogen-bond donors (Lipinski definition) is 0. The van der Waals surface area contributed by atoms with Crippen LogP contribution in [0.3, 0.4) is 0 Å². The number of allylic oxidation sites excluding steroid dienone is 2. The molecule has 0 radical (unpaired) electrons. The third-order valence-corrected chi connectivity index (χ3v) is 8.47. The Morgan fingerprint density at radius 3 is 2.45 bits per heavy atom. The fourth-order valence-corrected chi connectivity index (χ4v) is 7.38. The normalized spacial score (nSPS) is 30.6. The molecule has 29 heavy (non-hydrogen) atoms. The Morgan fingerprint density at radius 1 is 1.07 bits per heavy atom. The average molecular weight is 405 g/mol. The van der Waals surface area contributed by atoms with Crippen LogP contribution >= 0.6 is 11.8 Å². The lowest BCUT2D eigenvalue weighted by Crippen LogP contribution is -2.40. The molecule has 3 aliphatic rings. The van der Waals surface area contributed by atoms with Crippen LogP contribution in [0.1, 0.15) is 51.5 Å². The highest BCUT2D eigenvalue weighted by atomic mass is 32.2. The number of rotatable bonds is 4. The molecule has 1 aromatic carbocycles. The largest absolute Gasteiger partial charge is 0.294 e. The van der Waals surface area contributed by atoms with E-state index in [-0.39, 0.29) is 23.2 Å². The van der Waals surface area contributed by atoms with Crippen molar-refractivity contribution in [3.8, 4) is 12.1 Å². The van der Waals surface area contributed by atoms with Gasteiger partial charge in [-0.3, -0.25) is 4.79 Å². The molecule has 150 valence electrons. The maximum atomic E-state index is 13.1. The number of hydrogen-bond acceptors (Lipinski definition) is 4. The zero-order chi connectivity index (χ0) is 20.5.